The van der Waals surface area contributed by atoms with Gasteiger partial charge in [-0.1, -0.05) is 66.6 Å². The van der Waals surface area contributed by atoms with Crippen LogP contribution in [-0.2, 0) is 20.7 Å². The molecule has 0 aliphatic heterocycles. The van der Waals surface area contributed by atoms with Crippen molar-refractivity contribution in [3.05, 3.63) is 101 Å². The molecule has 3 rings (SSSR count). The van der Waals surface area contributed by atoms with Crippen LogP contribution in [0.3, 0.4) is 0 Å². The van der Waals surface area contributed by atoms with Crippen LogP contribution >= 0.6 is 0 Å². The van der Waals surface area contributed by atoms with Crippen LogP contribution in [0.4, 0.5) is 10.5 Å². The molecule has 0 aliphatic carbocycles. The number of carbonyl (C=O) groups excluding carboxylic acids is 3. The van der Waals surface area contributed by atoms with Crippen molar-refractivity contribution in [3.63, 3.8) is 0 Å². The van der Waals surface area contributed by atoms with Crippen LogP contribution in [0.15, 0.2) is 72.8 Å². The molecule has 0 fully saturated rings. The summed E-state index contributed by atoms with van der Waals surface area (Å²) in [4.78, 5) is 42.5. The number of para-hydroxylation sites is 1. The lowest BCUT2D eigenvalue weighted by molar-refractivity contribution is -0.141. The molecule has 3 amide bonds. The van der Waals surface area contributed by atoms with Crippen LogP contribution in [0.25, 0.3) is 0 Å². The van der Waals surface area contributed by atoms with Crippen LogP contribution in [0.1, 0.15) is 54.6 Å². The summed E-state index contributed by atoms with van der Waals surface area (Å²) in [6.45, 7) is 8.38. The van der Waals surface area contributed by atoms with Crippen molar-refractivity contribution in [3.8, 4) is 12.3 Å². The summed E-state index contributed by atoms with van der Waals surface area (Å²) < 4.78 is 5.45. The highest BCUT2D eigenvalue weighted by molar-refractivity contribution is 6.00. The van der Waals surface area contributed by atoms with Gasteiger partial charge in [-0.2, -0.15) is 0 Å². The minimum atomic E-state index is -1.14. The molecule has 0 aliphatic rings. The minimum absolute atomic E-state index is 0.141. The molecular formula is C34H39N3O5. The molecule has 0 heterocycles. The number of aryl methyl sites for hydroxylation is 2. The van der Waals surface area contributed by atoms with Gasteiger partial charge in [0.25, 0.3) is 5.91 Å². The molecule has 42 heavy (non-hydrogen) atoms. The number of anilines is 1. The van der Waals surface area contributed by atoms with Gasteiger partial charge in [-0.05, 0) is 69.0 Å². The van der Waals surface area contributed by atoms with Gasteiger partial charge in [0.2, 0.25) is 5.91 Å². The van der Waals surface area contributed by atoms with Gasteiger partial charge in [-0.25, -0.2) is 4.79 Å². The molecule has 220 valence electrons. The zero-order valence-corrected chi connectivity index (χ0v) is 24.8. The number of nitrogens with zero attached hydrogens (tertiary/aromatic N) is 1. The summed E-state index contributed by atoms with van der Waals surface area (Å²) in [5.41, 5.74) is 3.47. The van der Waals surface area contributed by atoms with Crippen LogP contribution in [0, 0.1) is 26.2 Å². The fourth-order valence-corrected chi connectivity index (χ4v) is 4.61. The van der Waals surface area contributed by atoms with E-state index < -0.39 is 42.2 Å². The summed E-state index contributed by atoms with van der Waals surface area (Å²) in [6.07, 6.45) is 4.92. The summed E-state index contributed by atoms with van der Waals surface area (Å²) in [5, 5.41) is 15.8. The van der Waals surface area contributed by atoms with Crippen molar-refractivity contribution < 1.29 is 24.2 Å². The molecule has 2 unspecified atom stereocenters. The first kappa shape index (κ1) is 31.9. The van der Waals surface area contributed by atoms with Crippen molar-refractivity contribution in [2.24, 2.45) is 0 Å². The van der Waals surface area contributed by atoms with Crippen LogP contribution in [-0.4, -0.2) is 52.7 Å². The number of ether oxygens (including phenoxy) is 1. The second kappa shape index (κ2) is 14.3. The number of nitrogens with one attached hydrogen (secondary N) is 2. The van der Waals surface area contributed by atoms with Gasteiger partial charge < -0.3 is 25.4 Å². The molecule has 2 atom stereocenters. The third-order valence-corrected chi connectivity index (χ3v) is 6.58. The SMILES string of the molecule is C#Cc1ccc(C(C(=O)Nc2c(C)cccc2C)N(CCO)C(=O)C(Cc2ccccc2)NC(=O)OC(C)(C)C)cc1. The van der Waals surface area contributed by atoms with Crippen molar-refractivity contribution in [2.45, 2.75) is 58.7 Å². The largest absolute Gasteiger partial charge is 0.444 e. The molecule has 0 spiro atoms. The predicted octanol–water partition coefficient (Wildman–Crippen LogP) is 4.92. The van der Waals surface area contributed by atoms with Gasteiger partial charge in [0, 0.05) is 24.2 Å². The number of aliphatic hydroxyl groups is 1. The topological polar surface area (TPSA) is 108 Å². The van der Waals surface area contributed by atoms with E-state index in [0.717, 1.165) is 16.7 Å². The number of aliphatic hydroxyl groups excluding tert-OH is 1. The molecule has 8 heteroatoms. The number of carbonyl (C=O) groups is 3. The normalized spacial score (nSPS) is 12.4. The van der Waals surface area contributed by atoms with Crippen molar-refractivity contribution in [1.82, 2.24) is 10.2 Å². The monoisotopic (exact) mass is 569 g/mol. The Balaban J connectivity index is 2.07. The summed E-state index contributed by atoms with van der Waals surface area (Å²) in [7, 11) is 0. The number of benzene rings is 3. The highest BCUT2D eigenvalue weighted by Gasteiger charge is 2.36. The van der Waals surface area contributed by atoms with Crippen molar-refractivity contribution >= 4 is 23.6 Å². The molecule has 0 radical (unpaired) electrons. The van der Waals surface area contributed by atoms with E-state index >= 15 is 0 Å². The van der Waals surface area contributed by atoms with Gasteiger partial charge in [-0.3, -0.25) is 9.59 Å². The van der Waals surface area contributed by atoms with E-state index in [1.807, 2.05) is 62.4 Å². The Hall–Kier alpha value is -4.61. The third-order valence-electron chi connectivity index (χ3n) is 6.58. The zero-order valence-electron chi connectivity index (χ0n) is 24.8. The van der Waals surface area contributed by atoms with Crippen molar-refractivity contribution in [2.75, 3.05) is 18.5 Å². The summed E-state index contributed by atoms with van der Waals surface area (Å²) in [5.74, 6) is 1.53. The molecule has 3 aromatic rings. The highest BCUT2D eigenvalue weighted by atomic mass is 16.6. The van der Waals surface area contributed by atoms with E-state index in [-0.39, 0.29) is 13.0 Å². The molecule has 0 aromatic heterocycles. The number of hydrogen-bond donors (Lipinski definition) is 3. The minimum Gasteiger partial charge on any atom is -0.444 e. The van der Waals surface area contributed by atoms with Crippen LogP contribution in [0.5, 0.6) is 0 Å². The van der Waals surface area contributed by atoms with E-state index in [2.05, 4.69) is 16.6 Å². The van der Waals surface area contributed by atoms with E-state index in [0.29, 0.717) is 16.8 Å². The Labute approximate surface area is 248 Å². The Morgan fingerprint density at radius 1 is 0.952 bits per heavy atom. The number of rotatable bonds is 10. The maximum absolute atomic E-state index is 14.3. The predicted molar refractivity (Wildman–Crippen MR) is 164 cm³/mol. The van der Waals surface area contributed by atoms with Gasteiger partial charge in [0.05, 0.1) is 6.61 Å². The molecular weight excluding hydrogens is 530 g/mol. The Morgan fingerprint density at radius 2 is 1.57 bits per heavy atom. The molecule has 3 aromatic carbocycles. The van der Waals surface area contributed by atoms with E-state index in [1.54, 1.807) is 45.0 Å². The average molecular weight is 570 g/mol. The summed E-state index contributed by atoms with van der Waals surface area (Å²) in [6, 6.07) is 19.4. The van der Waals surface area contributed by atoms with Gasteiger partial charge in [-0.15, -0.1) is 6.42 Å². The number of terminal acetylenes is 1. The highest BCUT2D eigenvalue weighted by Crippen LogP contribution is 2.27. The lowest BCUT2D eigenvalue weighted by Gasteiger charge is -2.34. The number of hydrogen-bond acceptors (Lipinski definition) is 5. The molecule has 8 nitrogen and oxygen atoms in total. The second-order valence-electron chi connectivity index (χ2n) is 11.1. The Bertz CT molecular complexity index is 1400. The molecule has 3 N–H and O–H groups in total. The van der Waals surface area contributed by atoms with E-state index in [4.69, 9.17) is 11.2 Å². The van der Waals surface area contributed by atoms with Crippen molar-refractivity contribution in [1.29, 1.82) is 0 Å². The molecule has 0 bridgehead atoms. The van der Waals surface area contributed by atoms with Gasteiger partial charge in [0.1, 0.15) is 17.7 Å². The number of alkyl carbamates (subject to hydrolysis) is 1. The lowest BCUT2D eigenvalue weighted by Crippen LogP contribution is -2.53. The quantitative estimate of drug-likeness (QED) is 0.301. The Morgan fingerprint density at radius 3 is 2.12 bits per heavy atom. The molecule has 0 saturated heterocycles. The third kappa shape index (κ3) is 8.69. The van der Waals surface area contributed by atoms with E-state index in [1.165, 1.54) is 4.90 Å². The Kier molecular flexibility index (Phi) is 10.9. The summed E-state index contributed by atoms with van der Waals surface area (Å²) >= 11 is 0. The second-order valence-corrected chi connectivity index (χ2v) is 11.1. The van der Waals surface area contributed by atoms with Gasteiger partial charge >= 0.3 is 6.09 Å². The first-order valence-corrected chi connectivity index (χ1v) is 13.8. The van der Waals surface area contributed by atoms with E-state index in [9.17, 15) is 19.5 Å². The van der Waals surface area contributed by atoms with Crippen LogP contribution < -0.4 is 10.6 Å². The smallest absolute Gasteiger partial charge is 0.408 e. The standard InChI is InChI=1S/C34H39N3O5/c1-7-25-16-18-27(19-17-25)30(31(39)36-29-23(2)12-11-13-24(29)3)37(20-21-38)32(40)28(22-26-14-9-8-10-15-26)35-33(41)42-34(4,5)6/h1,8-19,28,30,38H,20-22H2,2-6H3,(H,35,41)(H,36,39). The fraction of sp³-hybridized carbons (Fsp3) is 0.324. The number of amides is 3. The van der Waals surface area contributed by atoms with Gasteiger partial charge in [0.15, 0.2) is 0 Å². The van der Waals surface area contributed by atoms with Crippen LogP contribution in [0.2, 0.25) is 0 Å². The lowest BCUT2D eigenvalue weighted by atomic mass is 9.99. The fourth-order valence-electron chi connectivity index (χ4n) is 4.61. The maximum atomic E-state index is 14.3. The zero-order chi connectivity index (χ0) is 30.9. The first-order chi connectivity index (χ1) is 19.9. The molecule has 0 saturated carbocycles. The average Bonchev–Trinajstić information content (AvgIpc) is 2.94. The maximum Gasteiger partial charge on any atom is 0.408 e. The first-order valence-electron chi connectivity index (χ1n) is 13.8.